The number of nitrogens with zero attached hydrogens (tertiary/aromatic N) is 4. The van der Waals surface area contributed by atoms with Gasteiger partial charge in [0.15, 0.2) is 10.8 Å². The number of aliphatic hydroxyl groups is 2. The summed E-state index contributed by atoms with van der Waals surface area (Å²) in [7, 11) is 0. The Kier molecular flexibility index (Phi) is 2.82. The zero-order chi connectivity index (χ0) is 14.6. The van der Waals surface area contributed by atoms with Crippen molar-refractivity contribution in [2.24, 2.45) is 17.3 Å². The highest BCUT2D eigenvalue weighted by molar-refractivity contribution is 6.33. The number of aromatic nitrogens is 4. The lowest BCUT2D eigenvalue weighted by atomic mass is 9.77. The van der Waals surface area contributed by atoms with Crippen LogP contribution in [0.2, 0.25) is 5.15 Å². The highest BCUT2D eigenvalue weighted by Crippen LogP contribution is 2.57. The number of allylic oxidation sites excluding steroid dienone is 2. The van der Waals surface area contributed by atoms with Gasteiger partial charge in [0.25, 0.3) is 0 Å². The van der Waals surface area contributed by atoms with Gasteiger partial charge in [0, 0.05) is 17.4 Å². The molecule has 0 saturated heterocycles. The molecule has 7 heteroatoms. The smallest absolute Gasteiger partial charge is 0.165 e. The molecule has 2 bridgehead atoms. The summed E-state index contributed by atoms with van der Waals surface area (Å²) >= 11 is 6.05. The van der Waals surface area contributed by atoms with Crippen LogP contribution in [0.1, 0.15) is 12.5 Å². The Hall–Kier alpha value is -1.50. The minimum atomic E-state index is -0.461. The molecule has 0 spiro atoms. The molecule has 2 aromatic heterocycles. The summed E-state index contributed by atoms with van der Waals surface area (Å²) in [5.41, 5.74) is 0.826. The summed E-state index contributed by atoms with van der Waals surface area (Å²) in [6.45, 7) is -0.0399. The SMILES string of the molecule is OCC1(CO)C[C@H]2C=C[C@@H]1[C@H]2n1cnc2c(Cl)ncnc21. The molecule has 2 aliphatic rings. The van der Waals surface area contributed by atoms with Gasteiger partial charge in [-0.15, -0.1) is 0 Å². The molecule has 2 aliphatic carbocycles. The van der Waals surface area contributed by atoms with Crippen LogP contribution in [0.25, 0.3) is 11.2 Å². The molecule has 0 radical (unpaired) electrons. The molecule has 0 aromatic carbocycles. The van der Waals surface area contributed by atoms with Gasteiger partial charge in [-0.2, -0.15) is 0 Å². The summed E-state index contributed by atoms with van der Waals surface area (Å²) < 4.78 is 2.01. The van der Waals surface area contributed by atoms with E-state index in [2.05, 4.69) is 27.1 Å². The van der Waals surface area contributed by atoms with E-state index in [1.807, 2.05) is 4.57 Å². The fourth-order valence-corrected chi connectivity index (χ4v) is 4.10. The van der Waals surface area contributed by atoms with Crippen LogP contribution in [0.4, 0.5) is 0 Å². The lowest BCUT2D eigenvalue weighted by Crippen LogP contribution is -2.35. The predicted octanol–water partition coefficient (Wildman–Crippen LogP) is 1.20. The first-order chi connectivity index (χ1) is 10.2. The van der Waals surface area contributed by atoms with Crippen LogP contribution in [-0.2, 0) is 0 Å². The minimum absolute atomic E-state index is 0.0200. The van der Waals surface area contributed by atoms with Crippen LogP contribution in [-0.4, -0.2) is 42.9 Å². The number of aliphatic hydroxyl groups excluding tert-OH is 2. The molecule has 110 valence electrons. The Balaban J connectivity index is 1.83. The predicted molar refractivity (Wildman–Crippen MR) is 76.7 cm³/mol. The molecule has 21 heavy (non-hydrogen) atoms. The van der Waals surface area contributed by atoms with E-state index in [0.717, 1.165) is 6.42 Å². The van der Waals surface area contributed by atoms with Crippen LogP contribution in [0.5, 0.6) is 0 Å². The van der Waals surface area contributed by atoms with Crippen LogP contribution < -0.4 is 0 Å². The van der Waals surface area contributed by atoms with Crippen molar-refractivity contribution in [2.45, 2.75) is 12.5 Å². The highest BCUT2D eigenvalue weighted by atomic mass is 35.5. The van der Waals surface area contributed by atoms with Crippen LogP contribution in [0, 0.1) is 17.3 Å². The molecule has 4 rings (SSSR count). The Labute approximate surface area is 126 Å². The van der Waals surface area contributed by atoms with E-state index in [9.17, 15) is 10.2 Å². The van der Waals surface area contributed by atoms with Crippen molar-refractivity contribution in [3.8, 4) is 0 Å². The third-order valence-electron chi connectivity index (χ3n) is 4.99. The van der Waals surface area contributed by atoms with Crippen molar-refractivity contribution in [1.82, 2.24) is 19.5 Å². The number of hydrogen-bond donors (Lipinski definition) is 2. The maximum atomic E-state index is 9.75. The van der Waals surface area contributed by atoms with Crippen molar-refractivity contribution in [1.29, 1.82) is 0 Å². The molecule has 3 atom stereocenters. The van der Waals surface area contributed by atoms with E-state index >= 15 is 0 Å². The number of fused-ring (bicyclic) bond motifs is 3. The third-order valence-corrected chi connectivity index (χ3v) is 5.26. The lowest BCUT2D eigenvalue weighted by molar-refractivity contribution is 0.0290. The standard InChI is InChI=1S/C14H15ClN4O2/c15-12-10-13(17-6-16-12)19(7-18-10)11-8-1-2-9(11)14(3-8,4-20)5-21/h1-2,6-9,11,20-21H,3-5H2/t8-,9-,11+/m1/s1. The second kappa shape index (κ2) is 4.50. The molecule has 1 saturated carbocycles. The monoisotopic (exact) mass is 306 g/mol. The van der Waals surface area contributed by atoms with Crippen molar-refractivity contribution in [3.63, 3.8) is 0 Å². The molecule has 1 fully saturated rings. The van der Waals surface area contributed by atoms with Gasteiger partial charge in [-0.25, -0.2) is 15.0 Å². The third kappa shape index (κ3) is 1.64. The van der Waals surface area contributed by atoms with Gasteiger partial charge >= 0.3 is 0 Å². The van der Waals surface area contributed by atoms with E-state index in [4.69, 9.17) is 11.6 Å². The zero-order valence-corrected chi connectivity index (χ0v) is 12.0. The molecular formula is C14H15ClN4O2. The fourth-order valence-electron chi connectivity index (χ4n) is 3.93. The van der Waals surface area contributed by atoms with Gasteiger partial charge < -0.3 is 14.8 Å². The first kappa shape index (κ1) is 13.2. The van der Waals surface area contributed by atoms with E-state index < -0.39 is 5.41 Å². The van der Waals surface area contributed by atoms with Gasteiger partial charge in [0.1, 0.15) is 11.8 Å². The van der Waals surface area contributed by atoms with Crippen molar-refractivity contribution >= 4 is 22.8 Å². The van der Waals surface area contributed by atoms with Gasteiger partial charge in [-0.05, 0) is 12.3 Å². The normalized spacial score (nSPS) is 29.6. The molecule has 2 N–H and O–H groups in total. The molecule has 0 amide bonds. The van der Waals surface area contributed by atoms with E-state index in [1.54, 1.807) is 6.33 Å². The topological polar surface area (TPSA) is 84.1 Å². The van der Waals surface area contributed by atoms with Crippen molar-refractivity contribution < 1.29 is 10.2 Å². The van der Waals surface area contributed by atoms with E-state index in [-0.39, 0.29) is 31.1 Å². The lowest BCUT2D eigenvalue weighted by Gasteiger charge is -2.32. The number of imidazole rings is 1. The summed E-state index contributed by atoms with van der Waals surface area (Å²) in [5.74, 6) is 0.337. The fraction of sp³-hybridized carbons (Fsp3) is 0.500. The number of halogens is 1. The average molecular weight is 307 g/mol. The average Bonchev–Trinajstić information content (AvgIpc) is 3.17. The van der Waals surface area contributed by atoms with Gasteiger partial charge in [0.2, 0.25) is 0 Å². The summed E-state index contributed by atoms with van der Waals surface area (Å²) in [6.07, 6.45) is 8.18. The van der Waals surface area contributed by atoms with Gasteiger partial charge in [0.05, 0.1) is 19.5 Å². The maximum Gasteiger partial charge on any atom is 0.165 e. The number of rotatable bonds is 3. The van der Waals surface area contributed by atoms with Crippen LogP contribution >= 0.6 is 11.6 Å². The van der Waals surface area contributed by atoms with E-state index in [0.29, 0.717) is 16.3 Å². The summed E-state index contributed by atoms with van der Waals surface area (Å²) in [6, 6.07) is 0.111. The molecule has 6 nitrogen and oxygen atoms in total. The first-order valence-corrected chi connectivity index (χ1v) is 7.31. The molecule has 2 aromatic rings. The Morgan fingerprint density at radius 1 is 1.24 bits per heavy atom. The summed E-state index contributed by atoms with van der Waals surface area (Å²) in [5, 5.41) is 19.8. The van der Waals surface area contributed by atoms with E-state index in [1.165, 1.54) is 6.33 Å². The van der Waals surface area contributed by atoms with Crippen LogP contribution in [0.3, 0.4) is 0 Å². The largest absolute Gasteiger partial charge is 0.396 e. The second-order valence-corrected chi connectivity index (χ2v) is 6.29. The molecule has 2 heterocycles. The van der Waals surface area contributed by atoms with Gasteiger partial charge in [-0.3, -0.25) is 0 Å². The quantitative estimate of drug-likeness (QED) is 0.657. The Morgan fingerprint density at radius 3 is 2.76 bits per heavy atom. The zero-order valence-electron chi connectivity index (χ0n) is 11.2. The first-order valence-electron chi connectivity index (χ1n) is 6.93. The maximum absolute atomic E-state index is 9.75. The number of hydrogen-bond acceptors (Lipinski definition) is 5. The van der Waals surface area contributed by atoms with Gasteiger partial charge in [-0.1, -0.05) is 23.8 Å². The highest BCUT2D eigenvalue weighted by Gasteiger charge is 2.55. The van der Waals surface area contributed by atoms with Crippen molar-refractivity contribution in [3.05, 3.63) is 30.0 Å². The molecule has 0 aliphatic heterocycles. The van der Waals surface area contributed by atoms with Crippen molar-refractivity contribution in [2.75, 3.05) is 13.2 Å². The Morgan fingerprint density at radius 2 is 2.05 bits per heavy atom. The second-order valence-electron chi connectivity index (χ2n) is 5.94. The molecule has 0 unspecified atom stereocenters. The minimum Gasteiger partial charge on any atom is -0.396 e. The Bertz CT molecular complexity index is 725. The summed E-state index contributed by atoms with van der Waals surface area (Å²) in [4.78, 5) is 12.6. The molecular weight excluding hydrogens is 292 g/mol. The van der Waals surface area contributed by atoms with Crippen LogP contribution in [0.15, 0.2) is 24.8 Å².